The molecule has 2 unspecified atom stereocenters. The Morgan fingerprint density at radius 3 is 2.00 bits per heavy atom. The maximum atomic E-state index is 9.65. The normalized spacial score (nSPS) is 47.1. The highest BCUT2D eigenvalue weighted by atomic mass is 33.1. The number of hydrogen-bond donors (Lipinski definition) is 1. The Balaban J connectivity index is 2.07. The third kappa shape index (κ3) is 1.19. The van der Waals surface area contributed by atoms with Crippen molar-refractivity contribution >= 4 is 21.6 Å². The van der Waals surface area contributed by atoms with Gasteiger partial charge < -0.3 is 5.11 Å². The van der Waals surface area contributed by atoms with Crippen LogP contribution in [-0.4, -0.2) is 21.7 Å². The molecular formula is C7H12OS2. The van der Waals surface area contributed by atoms with Gasteiger partial charge in [-0.25, -0.2) is 0 Å². The quantitative estimate of drug-likeness (QED) is 0.570. The Kier molecular flexibility index (Phi) is 2.16. The van der Waals surface area contributed by atoms with E-state index < -0.39 is 0 Å². The molecule has 2 rings (SSSR count). The van der Waals surface area contributed by atoms with Crippen molar-refractivity contribution in [1.82, 2.24) is 0 Å². The molecule has 1 heterocycles. The summed E-state index contributed by atoms with van der Waals surface area (Å²) in [6, 6.07) is 0. The van der Waals surface area contributed by atoms with E-state index in [9.17, 15) is 5.11 Å². The van der Waals surface area contributed by atoms with E-state index in [4.69, 9.17) is 0 Å². The third-order valence-corrected chi connectivity index (χ3v) is 5.74. The second-order valence-corrected chi connectivity index (χ2v) is 5.80. The van der Waals surface area contributed by atoms with E-state index in [-0.39, 0.29) is 6.10 Å². The Bertz CT molecular complexity index is 115. The van der Waals surface area contributed by atoms with Crippen LogP contribution in [0.3, 0.4) is 0 Å². The van der Waals surface area contributed by atoms with Gasteiger partial charge in [0.2, 0.25) is 0 Å². The number of rotatable bonds is 0. The Hall–Kier alpha value is 0.660. The van der Waals surface area contributed by atoms with Crippen LogP contribution in [0.25, 0.3) is 0 Å². The van der Waals surface area contributed by atoms with Crippen LogP contribution >= 0.6 is 21.6 Å². The molecule has 1 saturated heterocycles. The fourth-order valence-electron chi connectivity index (χ4n) is 1.62. The predicted octanol–water partition coefficient (Wildman–Crippen LogP) is 2.05. The van der Waals surface area contributed by atoms with Gasteiger partial charge in [0.05, 0.1) is 6.10 Å². The van der Waals surface area contributed by atoms with Crippen LogP contribution in [0.1, 0.15) is 25.7 Å². The van der Waals surface area contributed by atoms with Gasteiger partial charge in [-0.3, -0.25) is 0 Å². The molecule has 2 fully saturated rings. The zero-order chi connectivity index (χ0) is 6.97. The van der Waals surface area contributed by atoms with Crippen LogP contribution in [0.15, 0.2) is 0 Å². The monoisotopic (exact) mass is 176 g/mol. The van der Waals surface area contributed by atoms with Crippen molar-refractivity contribution in [3.8, 4) is 0 Å². The van der Waals surface area contributed by atoms with Gasteiger partial charge in [-0.2, -0.15) is 0 Å². The molecule has 0 radical (unpaired) electrons. The minimum Gasteiger partial charge on any atom is -0.391 e. The summed E-state index contributed by atoms with van der Waals surface area (Å²) in [6.07, 6.45) is 5.11. The lowest BCUT2D eigenvalue weighted by Crippen LogP contribution is -2.25. The van der Waals surface area contributed by atoms with Gasteiger partial charge >= 0.3 is 0 Å². The predicted molar refractivity (Wildman–Crippen MR) is 47.2 cm³/mol. The summed E-state index contributed by atoms with van der Waals surface area (Å²) >= 11 is 0. The summed E-state index contributed by atoms with van der Waals surface area (Å²) < 4.78 is 0. The van der Waals surface area contributed by atoms with Gasteiger partial charge in [-0.05, 0) is 12.8 Å². The van der Waals surface area contributed by atoms with Gasteiger partial charge in [0.1, 0.15) is 0 Å². The zero-order valence-corrected chi connectivity index (χ0v) is 7.46. The van der Waals surface area contributed by atoms with Crippen molar-refractivity contribution < 1.29 is 5.11 Å². The van der Waals surface area contributed by atoms with Crippen LogP contribution in [-0.2, 0) is 0 Å². The summed E-state index contributed by atoms with van der Waals surface area (Å²) in [5.74, 6) is 0. The van der Waals surface area contributed by atoms with E-state index in [2.05, 4.69) is 0 Å². The van der Waals surface area contributed by atoms with Crippen LogP contribution in [0, 0.1) is 0 Å². The Labute approximate surface area is 69.4 Å². The highest BCUT2D eigenvalue weighted by Gasteiger charge is 2.37. The highest BCUT2D eigenvalue weighted by Crippen LogP contribution is 2.49. The van der Waals surface area contributed by atoms with Gasteiger partial charge in [-0.15, -0.1) is 0 Å². The third-order valence-electron chi connectivity index (χ3n) is 2.29. The standard InChI is InChI=1S/C7H12OS2/c8-7-5-3-1-2-4-6(7)10-9-5/h5-8H,1-4H2. The van der Waals surface area contributed by atoms with E-state index >= 15 is 0 Å². The molecule has 0 aromatic carbocycles. The molecule has 0 aromatic heterocycles. The van der Waals surface area contributed by atoms with E-state index in [1.54, 1.807) is 0 Å². The molecule has 1 saturated carbocycles. The van der Waals surface area contributed by atoms with Crippen LogP contribution in [0.2, 0.25) is 0 Å². The topological polar surface area (TPSA) is 20.2 Å². The average molecular weight is 176 g/mol. The van der Waals surface area contributed by atoms with E-state index in [1.807, 2.05) is 21.6 Å². The molecule has 1 aliphatic heterocycles. The Morgan fingerprint density at radius 2 is 1.50 bits per heavy atom. The lowest BCUT2D eigenvalue weighted by molar-refractivity contribution is 0.172. The first kappa shape index (κ1) is 7.32. The van der Waals surface area contributed by atoms with Crippen LogP contribution in [0.4, 0.5) is 0 Å². The summed E-state index contributed by atoms with van der Waals surface area (Å²) in [6.45, 7) is 0. The van der Waals surface area contributed by atoms with Crippen molar-refractivity contribution in [1.29, 1.82) is 0 Å². The van der Waals surface area contributed by atoms with Crippen molar-refractivity contribution in [2.24, 2.45) is 0 Å². The van der Waals surface area contributed by atoms with Crippen molar-refractivity contribution in [3.63, 3.8) is 0 Å². The average Bonchev–Trinajstić information content (AvgIpc) is 2.06. The smallest absolute Gasteiger partial charge is 0.0793 e. The van der Waals surface area contributed by atoms with Crippen molar-refractivity contribution in [2.45, 2.75) is 42.3 Å². The Morgan fingerprint density at radius 1 is 1.00 bits per heavy atom. The lowest BCUT2D eigenvalue weighted by Gasteiger charge is -2.11. The molecule has 0 spiro atoms. The van der Waals surface area contributed by atoms with Crippen molar-refractivity contribution in [2.75, 3.05) is 0 Å². The van der Waals surface area contributed by atoms with Gasteiger partial charge in [0.15, 0.2) is 0 Å². The summed E-state index contributed by atoms with van der Waals surface area (Å²) in [4.78, 5) is 0. The molecule has 1 nitrogen and oxygen atoms in total. The molecule has 2 bridgehead atoms. The van der Waals surface area contributed by atoms with Crippen LogP contribution in [0.5, 0.6) is 0 Å². The minimum atomic E-state index is -0.00231. The molecule has 2 aliphatic rings. The first-order valence-corrected chi connectivity index (χ1v) is 6.16. The number of aliphatic hydroxyl groups excluding tert-OH is 1. The summed E-state index contributed by atoms with van der Waals surface area (Å²) in [5.41, 5.74) is 0. The van der Waals surface area contributed by atoms with E-state index in [1.165, 1.54) is 25.7 Å². The molecule has 1 N–H and O–H groups in total. The zero-order valence-electron chi connectivity index (χ0n) is 5.82. The lowest BCUT2D eigenvalue weighted by atomic mass is 10.1. The van der Waals surface area contributed by atoms with Gasteiger partial charge in [-0.1, -0.05) is 34.4 Å². The second kappa shape index (κ2) is 2.95. The number of aliphatic hydroxyl groups is 1. The molecule has 1 aliphatic carbocycles. The van der Waals surface area contributed by atoms with Gasteiger partial charge in [0, 0.05) is 10.5 Å². The number of hydrogen-bond acceptors (Lipinski definition) is 3. The first-order valence-electron chi connectivity index (χ1n) is 3.88. The minimum absolute atomic E-state index is 0.00231. The largest absolute Gasteiger partial charge is 0.391 e. The van der Waals surface area contributed by atoms with Crippen LogP contribution < -0.4 is 0 Å². The maximum Gasteiger partial charge on any atom is 0.0793 e. The summed E-state index contributed by atoms with van der Waals surface area (Å²) in [5, 5.41) is 10.8. The fourth-order valence-corrected chi connectivity index (χ4v) is 5.26. The SMILES string of the molecule is OC1C2CCCCC1SS2. The van der Waals surface area contributed by atoms with Crippen molar-refractivity contribution in [3.05, 3.63) is 0 Å². The first-order chi connectivity index (χ1) is 4.88. The molecule has 2 atom stereocenters. The molecule has 0 amide bonds. The molecule has 10 heavy (non-hydrogen) atoms. The summed E-state index contributed by atoms with van der Waals surface area (Å²) in [7, 11) is 3.80. The van der Waals surface area contributed by atoms with E-state index in [0.717, 1.165) is 0 Å². The number of fused-ring (bicyclic) bond motifs is 2. The second-order valence-electron chi connectivity index (χ2n) is 3.04. The fraction of sp³-hybridized carbons (Fsp3) is 1.00. The molecular weight excluding hydrogens is 164 g/mol. The highest BCUT2D eigenvalue weighted by molar-refractivity contribution is 8.77. The molecule has 58 valence electrons. The molecule has 3 heteroatoms. The van der Waals surface area contributed by atoms with E-state index in [0.29, 0.717) is 10.5 Å². The maximum absolute atomic E-state index is 9.65. The molecule has 0 aromatic rings. The van der Waals surface area contributed by atoms with Gasteiger partial charge in [0.25, 0.3) is 0 Å².